The molecular weight excluding hydrogens is 377 g/mol. The van der Waals surface area contributed by atoms with Crippen molar-refractivity contribution in [2.24, 2.45) is 0 Å². The van der Waals surface area contributed by atoms with Gasteiger partial charge in [-0.1, -0.05) is 54.1 Å². The van der Waals surface area contributed by atoms with Gasteiger partial charge >= 0.3 is 0 Å². The van der Waals surface area contributed by atoms with E-state index in [4.69, 9.17) is 21.1 Å². The summed E-state index contributed by atoms with van der Waals surface area (Å²) in [5, 5.41) is 4.02. The fourth-order valence-electron chi connectivity index (χ4n) is 2.83. The first kappa shape index (κ1) is 20.2. The highest BCUT2D eigenvalue weighted by Gasteiger charge is 2.11. The van der Waals surface area contributed by atoms with E-state index in [2.05, 4.69) is 17.4 Å². The van der Waals surface area contributed by atoms with E-state index in [1.165, 1.54) is 17.7 Å². The van der Waals surface area contributed by atoms with Crippen molar-refractivity contribution in [2.45, 2.75) is 19.6 Å². The van der Waals surface area contributed by atoms with Crippen LogP contribution in [0.5, 0.6) is 11.5 Å². The molecule has 1 N–H and O–H groups in total. The maximum Gasteiger partial charge on any atom is 0.163 e. The summed E-state index contributed by atoms with van der Waals surface area (Å²) in [6, 6.07) is 20.2. The van der Waals surface area contributed by atoms with Gasteiger partial charge in [-0.3, -0.25) is 0 Å². The van der Waals surface area contributed by atoms with Crippen molar-refractivity contribution >= 4 is 11.6 Å². The third-order valence-corrected chi connectivity index (χ3v) is 4.74. The predicted molar refractivity (Wildman–Crippen MR) is 111 cm³/mol. The summed E-state index contributed by atoms with van der Waals surface area (Å²) in [6.07, 6.45) is 0.953. The summed E-state index contributed by atoms with van der Waals surface area (Å²) < 4.78 is 24.3. The van der Waals surface area contributed by atoms with Gasteiger partial charge in [-0.2, -0.15) is 0 Å². The third-order valence-electron chi connectivity index (χ3n) is 4.39. The van der Waals surface area contributed by atoms with E-state index in [1.54, 1.807) is 25.3 Å². The van der Waals surface area contributed by atoms with E-state index in [9.17, 15) is 4.39 Å². The normalized spacial score (nSPS) is 10.7. The molecule has 3 aromatic rings. The molecule has 3 nitrogen and oxygen atoms in total. The first-order valence-electron chi connectivity index (χ1n) is 9.14. The fraction of sp³-hybridized carbons (Fsp3) is 0.217. The third kappa shape index (κ3) is 5.72. The molecule has 0 saturated heterocycles. The second-order valence-corrected chi connectivity index (χ2v) is 6.83. The minimum Gasteiger partial charge on any atom is -0.493 e. The van der Waals surface area contributed by atoms with Crippen LogP contribution < -0.4 is 14.8 Å². The molecule has 0 aliphatic heterocycles. The maximum absolute atomic E-state index is 13.0. The molecule has 0 spiro atoms. The molecule has 3 rings (SSSR count). The van der Waals surface area contributed by atoms with Gasteiger partial charge in [0.2, 0.25) is 0 Å². The van der Waals surface area contributed by atoms with Gasteiger partial charge in [0.25, 0.3) is 0 Å². The summed E-state index contributed by atoms with van der Waals surface area (Å²) >= 11 is 6.43. The molecule has 28 heavy (non-hydrogen) atoms. The van der Waals surface area contributed by atoms with E-state index in [0.29, 0.717) is 29.7 Å². The lowest BCUT2D eigenvalue weighted by molar-refractivity contribution is 0.284. The molecule has 146 valence electrons. The Kier molecular flexibility index (Phi) is 7.29. The summed E-state index contributed by atoms with van der Waals surface area (Å²) in [7, 11) is 1.60. The zero-order valence-electron chi connectivity index (χ0n) is 15.8. The SMILES string of the molecule is COc1cc(CNCCc2ccccc2)c(Cl)cc1OCc1ccc(F)cc1. The predicted octanol–water partition coefficient (Wildman–Crippen LogP) is 5.40. The Morgan fingerprint density at radius 2 is 1.68 bits per heavy atom. The van der Waals surface area contributed by atoms with Crippen LogP contribution in [0.4, 0.5) is 4.39 Å². The van der Waals surface area contributed by atoms with E-state index >= 15 is 0 Å². The molecule has 0 atom stereocenters. The summed E-state index contributed by atoms with van der Waals surface area (Å²) in [4.78, 5) is 0. The number of hydrogen-bond acceptors (Lipinski definition) is 3. The van der Waals surface area contributed by atoms with E-state index in [-0.39, 0.29) is 5.82 Å². The van der Waals surface area contributed by atoms with E-state index in [1.807, 2.05) is 24.3 Å². The standard InChI is InChI=1S/C23H23ClFNO2/c1-27-22-13-19(15-26-12-11-17-5-3-2-4-6-17)21(24)14-23(22)28-16-18-7-9-20(25)10-8-18/h2-10,13-14,26H,11-12,15-16H2,1H3. The number of hydrogen-bond donors (Lipinski definition) is 1. The first-order chi connectivity index (χ1) is 13.7. The molecule has 3 aromatic carbocycles. The Bertz CT molecular complexity index is 885. The van der Waals surface area contributed by atoms with Crippen LogP contribution in [0, 0.1) is 5.82 Å². The largest absolute Gasteiger partial charge is 0.493 e. The minimum absolute atomic E-state index is 0.270. The van der Waals surface area contributed by atoms with Crippen molar-refractivity contribution in [3.8, 4) is 11.5 Å². The lowest BCUT2D eigenvalue weighted by Crippen LogP contribution is -2.17. The van der Waals surface area contributed by atoms with Gasteiger partial charge in [-0.05, 0) is 47.9 Å². The summed E-state index contributed by atoms with van der Waals surface area (Å²) in [5.41, 5.74) is 3.11. The lowest BCUT2D eigenvalue weighted by atomic mass is 10.1. The molecule has 0 amide bonds. The molecule has 0 heterocycles. The Balaban J connectivity index is 1.58. The van der Waals surface area contributed by atoms with Crippen LogP contribution in [0.2, 0.25) is 5.02 Å². The molecule has 0 unspecified atom stereocenters. The number of nitrogens with one attached hydrogen (secondary N) is 1. The minimum atomic E-state index is -0.270. The second kappa shape index (κ2) is 10.1. The number of halogens is 2. The molecule has 0 saturated carbocycles. The van der Waals surface area contributed by atoms with Gasteiger partial charge in [0.1, 0.15) is 12.4 Å². The number of ether oxygens (including phenoxy) is 2. The number of benzene rings is 3. The monoisotopic (exact) mass is 399 g/mol. The number of methoxy groups -OCH3 is 1. The van der Waals surface area contributed by atoms with Gasteiger partial charge in [0.15, 0.2) is 11.5 Å². The van der Waals surface area contributed by atoms with Crippen molar-refractivity contribution in [3.63, 3.8) is 0 Å². The summed E-state index contributed by atoms with van der Waals surface area (Å²) in [5.74, 6) is 0.907. The highest BCUT2D eigenvalue weighted by molar-refractivity contribution is 6.31. The topological polar surface area (TPSA) is 30.5 Å². The van der Waals surface area contributed by atoms with Crippen molar-refractivity contribution in [1.29, 1.82) is 0 Å². The van der Waals surface area contributed by atoms with Crippen molar-refractivity contribution < 1.29 is 13.9 Å². The fourth-order valence-corrected chi connectivity index (χ4v) is 3.05. The highest BCUT2D eigenvalue weighted by atomic mass is 35.5. The van der Waals surface area contributed by atoms with E-state index in [0.717, 1.165) is 24.1 Å². The molecule has 5 heteroatoms. The van der Waals surface area contributed by atoms with Crippen molar-refractivity contribution in [2.75, 3.05) is 13.7 Å². The van der Waals surface area contributed by atoms with Gasteiger partial charge in [0, 0.05) is 17.6 Å². The summed E-state index contributed by atoms with van der Waals surface area (Å²) in [6.45, 7) is 1.80. The molecule has 0 bridgehead atoms. The van der Waals surface area contributed by atoms with Crippen molar-refractivity contribution in [3.05, 3.63) is 94.3 Å². The van der Waals surface area contributed by atoms with Crippen molar-refractivity contribution in [1.82, 2.24) is 5.32 Å². The second-order valence-electron chi connectivity index (χ2n) is 6.42. The Morgan fingerprint density at radius 3 is 2.39 bits per heavy atom. The van der Waals surface area contributed by atoms with Crippen LogP contribution in [0.1, 0.15) is 16.7 Å². The van der Waals surface area contributed by atoms with Gasteiger partial charge in [-0.25, -0.2) is 4.39 Å². The Morgan fingerprint density at radius 1 is 0.929 bits per heavy atom. The smallest absolute Gasteiger partial charge is 0.163 e. The molecule has 0 aliphatic carbocycles. The molecule has 0 fully saturated rings. The van der Waals surface area contributed by atoms with E-state index < -0.39 is 0 Å². The molecular formula is C23H23ClFNO2. The zero-order chi connectivity index (χ0) is 19.8. The number of rotatable bonds is 9. The molecule has 0 aliphatic rings. The Labute approximate surface area is 170 Å². The Hall–Kier alpha value is -2.56. The van der Waals surface area contributed by atoms with Crippen LogP contribution >= 0.6 is 11.6 Å². The maximum atomic E-state index is 13.0. The molecule has 0 radical (unpaired) electrons. The van der Waals surface area contributed by atoms with Gasteiger partial charge in [0.05, 0.1) is 7.11 Å². The zero-order valence-corrected chi connectivity index (χ0v) is 16.5. The quantitative estimate of drug-likeness (QED) is 0.489. The van der Waals surface area contributed by atoms with Gasteiger partial charge in [-0.15, -0.1) is 0 Å². The van der Waals surface area contributed by atoms with Gasteiger partial charge < -0.3 is 14.8 Å². The van der Waals surface area contributed by atoms with Crippen LogP contribution in [0.3, 0.4) is 0 Å². The van der Waals surface area contributed by atoms with Crippen LogP contribution in [0.15, 0.2) is 66.7 Å². The average molecular weight is 400 g/mol. The van der Waals surface area contributed by atoms with Crippen LogP contribution in [0.25, 0.3) is 0 Å². The molecule has 0 aromatic heterocycles. The van der Waals surface area contributed by atoms with Crippen LogP contribution in [-0.2, 0) is 19.6 Å². The highest BCUT2D eigenvalue weighted by Crippen LogP contribution is 2.34. The average Bonchev–Trinajstić information content (AvgIpc) is 2.72. The lowest BCUT2D eigenvalue weighted by Gasteiger charge is -2.14. The first-order valence-corrected chi connectivity index (χ1v) is 9.52. The van der Waals surface area contributed by atoms with Crippen LogP contribution in [-0.4, -0.2) is 13.7 Å².